The molecule has 0 radical (unpaired) electrons. The first-order chi connectivity index (χ1) is 11.1. The van der Waals surface area contributed by atoms with Crippen LogP contribution in [0.1, 0.15) is 31.9 Å². The summed E-state index contributed by atoms with van der Waals surface area (Å²) in [6, 6.07) is 16.0. The molecule has 0 atom stereocenters. The average Bonchev–Trinajstić information content (AvgIpc) is 2.96. The van der Waals surface area contributed by atoms with Crippen molar-refractivity contribution in [2.75, 3.05) is 5.32 Å². The van der Waals surface area contributed by atoms with E-state index in [0.29, 0.717) is 10.7 Å². The molecule has 3 nitrogen and oxygen atoms in total. The van der Waals surface area contributed by atoms with Crippen molar-refractivity contribution in [3.05, 3.63) is 81.9 Å². The molecule has 0 aliphatic heterocycles. The molecule has 0 spiro atoms. The zero-order valence-corrected chi connectivity index (χ0v) is 14.0. The number of carbonyl (C=O) groups is 1. The van der Waals surface area contributed by atoms with Crippen LogP contribution in [0.3, 0.4) is 0 Å². The van der Waals surface area contributed by atoms with Gasteiger partial charge in [0, 0.05) is 23.1 Å². The molecule has 3 rings (SSSR count). The van der Waals surface area contributed by atoms with Gasteiger partial charge in [0.25, 0.3) is 5.91 Å². The Morgan fingerprint density at radius 3 is 2.61 bits per heavy atom. The maximum absolute atomic E-state index is 12.2. The molecule has 4 heteroatoms. The van der Waals surface area contributed by atoms with Crippen LogP contribution in [0, 0.1) is 13.8 Å². The lowest BCUT2D eigenvalue weighted by Gasteiger charge is -2.02. The number of hydrogen-bond donors (Lipinski definition) is 1. The highest BCUT2D eigenvalue weighted by atomic mass is 32.1. The van der Waals surface area contributed by atoms with Crippen LogP contribution in [0.4, 0.5) is 5.13 Å². The van der Waals surface area contributed by atoms with E-state index in [1.165, 1.54) is 22.5 Å². The summed E-state index contributed by atoms with van der Waals surface area (Å²) in [5.74, 6) is -0.120. The number of aromatic nitrogens is 1. The Bertz CT molecular complexity index is 821. The number of carbonyl (C=O) groups excluding carboxylic acids is 1. The van der Waals surface area contributed by atoms with Crippen LogP contribution < -0.4 is 5.32 Å². The van der Waals surface area contributed by atoms with Gasteiger partial charge in [-0.15, -0.1) is 11.3 Å². The molecule has 0 unspecified atom stereocenters. The van der Waals surface area contributed by atoms with Gasteiger partial charge in [-0.2, -0.15) is 0 Å². The summed E-state index contributed by atoms with van der Waals surface area (Å²) >= 11 is 1.52. The summed E-state index contributed by atoms with van der Waals surface area (Å²) in [5, 5.41) is 3.51. The van der Waals surface area contributed by atoms with Crippen LogP contribution >= 0.6 is 11.3 Å². The number of anilines is 1. The number of rotatable bonds is 4. The van der Waals surface area contributed by atoms with E-state index in [1.54, 1.807) is 0 Å². The molecule has 1 aromatic heterocycles. The molecule has 23 heavy (non-hydrogen) atoms. The Balaban J connectivity index is 1.67. The van der Waals surface area contributed by atoms with Crippen LogP contribution in [-0.4, -0.2) is 10.9 Å². The highest BCUT2D eigenvalue weighted by Gasteiger charge is 2.09. The molecule has 0 saturated heterocycles. The quantitative estimate of drug-likeness (QED) is 0.762. The minimum atomic E-state index is -0.120. The van der Waals surface area contributed by atoms with Crippen LogP contribution in [0.15, 0.2) is 54.7 Å². The summed E-state index contributed by atoms with van der Waals surface area (Å²) in [7, 11) is 0. The van der Waals surface area contributed by atoms with E-state index >= 15 is 0 Å². The summed E-state index contributed by atoms with van der Waals surface area (Å²) in [4.78, 5) is 17.7. The molecule has 1 N–H and O–H groups in total. The topological polar surface area (TPSA) is 42.0 Å². The Hall–Kier alpha value is -2.46. The van der Waals surface area contributed by atoms with E-state index in [9.17, 15) is 4.79 Å². The van der Waals surface area contributed by atoms with E-state index in [4.69, 9.17) is 0 Å². The summed E-state index contributed by atoms with van der Waals surface area (Å²) in [5.41, 5.74) is 4.22. The molecule has 0 aliphatic rings. The summed E-state index contributed by atoms with van der Waals surface area (Å²) < 4.78 is 0. The first kappa shape index (κ1) is 15.4. The predicted molar refractivity (Wildman–Crippen MR) is 95.2 cm³/mol. The standard InChI is InChI=1S/C19H18N2OS/c1-13-6-8-15(9-7-13)11-17-12-20-19(23-17)21-18(22)16-5-3-4-14(2)10-16/h3-10,12H,11H2,1-2H3,(H,20,21,22). The van der Waals surface area contributed by atoms with Crippen molar-refractivity contribution in [3.63, 3.8) is 0 Å². The fraction of sp³-hybridized carbons (Fsp3) is 0.158. The maximum Gasteiger partial charge on any atom is 0.257 e. The van der Waals surface area contributed by atoms with Gasteiger partial charge in [-0.1, -0.05) is 47.5 Å². The van der Waals surface area contributed by atoms with Crippen molar-refractivity contribution >= 4 is 22.4 Å². The molecule has 0 aliphatic carbocycles. The molecule has 0 fully saturated rings. The molecule has 3 aromatic rings. The fourth-order valence-corrected chi connectivity index (χ4v) is 3.15. The number of benzene rings is 2. The lowest BCUT2D eigenvalue weighted by atomic mass is 10.1. The second-order valence-electron chi connectivity index (χ2n) is 5.62. The number of thiazole rings is 1. The van der Waals surface area contributed by atoms with E-state index < -0.39 is 0 Å². The monoisotopic (exact) mass is 322 g/mol. The summed E-state index contributed by atoms with van der Waals surface area (Å²) in [6.45, 7) is 4.05. The van der Waals surface area contributed by atoms with Gasteiger partial charge in [-0.3, -0.25) is 10.1 Å². The van der Waals surface area contributed by atoms with Crippen molar-refractivity contribution in [2.45, 2.75) is 20.3 Å². The van der Waals surface area contributed by atoms with Gasteiger partial charge in [0.15, 0.2) is 5.13 Å². The first-order valence-corrected chi connectivity index (χ1v) is 8.30. The zero-order chi connectivity index (χ0) is 16.2. The average molecular weight is 322 g/mol. The number of nitrogens with zero attached hydrogens (tertiary/aromatic N) is 1. The third kappa shape index (κ3) is 4.05. The smallest absolute Gasteiger partial charge is 0.257 e. The molecule has 2 aromatic carbocycles. The van der Waals surface area contributed by atoms with Gasteiger partial charge in [0.05, 0.1) is 0 Å². The van der Waals surface area contributed by atoms with E-state index in [-0.39, 0.29) is 5.91 Å². The molecule has 1 amide bonds. The van der Waals surface area contributed by atoms with Crippen molar-refractivity contribution in [2.24, 2.45) is 0 Å². The van der Waals surface area contributed by atoms with Crippen LogP contribution in [0.5, 0.6) is 0 Å². The van der Waals surface area contributed by atoms with Crippen LogP contribution in [-0.2, 0) is 6.42 Å². The second kappa shape index (κ2) is 6.75. The largest absolute Gasteiger partial charge is 0.298 e. The molecule has 0 saturated carbocycles. The summed E-state index contributed by atoms with van der Waals surface area (Å²) in [6.07, 6.45) is 2.66. The van der Waals surface area contributed by atoms with Gasteiger partial charge < -0.3 is 0 Å². The SMILES string of the molecule is Cc1ccc(Cc2cnc(NC(=O)c3cccc(C)c3)s2)cc1. The van der Waals surface area contributed by atoms with Crippen LogP contribution in [0.2, 0.25) is 0 Å². The van der Waals surface area contributed by atoms with Crippen molar-refractivity contribution in [3.8, 4) is 0 Å². The highest BCUT2D eigenvalue weighted by molar-refractivity contribution is 7.15. The normalized spacial score (nSPS) is 10.5. The minimum absolute atomic E-state index is 0.120. The van der Waals surface area contributed by atoms with Crippen LogP contribution in [0.25, 0.3) is 0 Å². The maximum atomic E-state index is 12.2. The molecule has 0 bridgehead atoms. The first-order valence-electron chi connectivity index (χ1n) is 7.48. The Morgan fingerprint density at radius 2 is 1.87 bits per heavy atom. The number of hydrogen-bond acceptors (Lipinski definition) is 3. The minimum Gasteiger partial charge on any atom is -0.298 e. The second-order valence-corrected chi connectivity index (χ2v) is 6.73. The van der Waals surface area contributed by atoms with Crippen molar-refractivity contribution < 1.29 is 4.79 Å². The third-order valence-corrected chi connectivity index (χ3v) is 4.47. The van der Waals surface area contributed by atoms with Crippen molar-refractivity contribution in [1.82, 2.24) is 4.98 Å². The molecule has 1 heterocycles. The van der Waals surface area contributed by atoms with Crippen molar-refractivity contribution in [1.29, 1.82) is 0 Å². The Labute approximate surface area is 140 Å². The fourth-order valence-electron chi connectivity index (χ4n) is 2.31. The van der Waals surface area contributed by atoms with E-state index in [0.717, 1.165) is 16.9 Å². The molecule has 116 valence electrons. The lowest BCUT2D eigenvalue weighted by Crippen LogP contribution is -2.11. The van der Waals surface area contributed by atoms with Gasteiger partial charge in [-0.25, -0.2) is 4.98 Å². The number of nitrogens with one attached hydrogen (secondary N) is 1. The molecular weight excluding hydrogens is 304 g/mol. The predicted octanol–water partition coefficient (Wildman–Crippen LogP) is 4.60. The van der Waals surface area contributed by atoms with Gasteiger partial charge in [0.1, 0.15) is 0 Å². The lowest BCUT2D eigenvalue weighted by molar-refractivity contribution is 0.102. The van der Waals surface area contributed by atoms with Gasteiger partial charge >= 0.3 is 0 Å². The van der Waals surface area contributed by atoms with E-state index in [1.807, 2.05) is 37.4 Å². The Morgan fingerprint density at radius 1 is 1.09 bits per heavy atom. The Kier molecular flexibility index (Phi) is 4.53. The number of aryl methyl sites for hydroxylation is 2. The molecular formula is C19H18N2OS. The van der Waals surface area contributed by atoms with Gasteiger partial charge in [-0.05, 0) is 31.5 Å². The third-order valence-electron chi connectivity index (χ3n) is 3.55. The van der Waals surface area contributed by atoms with Gasteiger partial charge in [0.2, 0.25) is 0 Å². The number of amides is 1. The highest BCUT2D eigenvalue weighted by Crippen LogP contribution is 2.22. The zero-order valence-electron chi connectivity index (χ0n) is 13.2. The van der Waals surface area contributed by atoms with E-state index in [2.05, 4.69) is 41.5 Å².